The molecule has 0 spiro atoms. The van der Waals surface area contributed by atoms with E-state index in [2.05, 4.69) is 4.74 Å². The zero-order valence-electron chi connectivity index (χ0n) is 7.65. The van der Waals surface area contributed by atoms with E-state index in [9.17, 15) is 9.59 Å². The van der Waals surface area contributed by atoms with Crippen molar-refractivity contribution < 1.29 is 19.1 Å². The number of esters is 1. The molecule has 4 nitrogen and oxygen atoms in total. The van der Waals surface area contributed by atoms with Crippen LogP contribution in [0.2, 0.25) is 0 Å². The molecule has 1 aliphatic carbocycles. The Morgan fingerprint density at radius 3 is 2.46 bits per heavy atom. The predicted molar refractivity (Wildman–Crippen MR) is 44.8 cm³/mol. The van der Waals surface area contributed by atoms with E-state index >= 15 is 0 Å². The first-order chi connectivity index (χ1) is 6.22. The van der Waals surface area contributed by atoms with Crippen molar-refractivity contribution in [1.82, 2.24) is 0 Å². The quantitative estimate of drug-likeness (QED) is 0.277. The van der Waals surface area contributed by atoms with Gasteiger partial charge in [-0.05, 0) is 6.42 Å². The Bertz CT molecular complexity index is 244. The average Bonchev–Trinajstić information content (AvgIpc) is 2.92. The largest absolute Gasteiger partial charge is 0.501 e. The molecule has 72 valence electrons. The van der Waals surface area contributed by atoms with Gasteiger partial charge in [-0.3, -0.25) is 0 Å². The lowest BCUT2D eigenvalue weighted by atomic mass is 10.2. The SMILES string of the molecule is COC(=O)/C=C(/OC)[C@@H]1C[C@@H]1C=O. The summed E-state index contributed by atoms with van der Waals surface area (Å²) in [5, 5.41) is 0. The van der Waals surface area contributed by atoms with E-state index in [0.29, 0.717) is 5.76 Å². The molecule has 0 radical (unpaired) electrons. The minimum atomic E-state index is -0.451. The Hall–Kier alpha value is -1.32. The van der Waals surface area contributed by atoms with Crippen LogP contribution in [-0.4, -0.2) is 26.5 Å². The van der Waals surface area contributed by atoms with Crippen LogP contribution in [0.15, 0.2) is 11.8 Å². The second-order valence-corrected chi connectivity index (χ2v) is 2.92. The van der Waals surface area contributed by atoms with Gasteiger partial charge in [0.05, 0.1) is 20.3 Å². The van der Waals surface area contributed by atoms with E-state index in [1.54, 1.807) is 0 Å². The van der Waals surface area contributed by atoms with E-state index in [1.807, 2.05) is 0 Å². The van der Waals surface area contributed by atoms with Crippen LogP contribution in [-0.2, 0) is 19.1 Å². The van der Waals surface area contributed by atoms with Crippen molar-refractivity contribution in [2.75, 3.05) is 14.2 Å². The molecule has 0 aliphatic heterocycles. The minimum Gasteiger partial charge on any atom is -0.501 e. The highest BCUT2D eigenvalue weighted by molar-refractivity contribution is 5.82. The first kappa shape index (κ1) is 9.77. The topological polar surface area (TPSA) is 52.6 Å². The summed E-state index contributed by atoms with van der Waals surface area (Å²) >= 11 is 0. The first-order valence-electron chi connectivity index (χ1n) is 4.01. The van der Waals surface area contributed by atoms with Gasteiger partial charge in [0.25, 0.3) is 0 Å². The Morgan fingerprint density at radius 2 is 2.08 bits per heavy atom. The van der Waals surface area contributed by atoms with Crippen LogP contribution in [0.5, 0.6) is 0 Å². The van der Waals surface area contributed by atoms with Gasteiger partial charge in [0.2, 0.25) is 0 Å². The van der Waals surface area contributed by atoms with Crippen molar-refractivity contribution in [3.63, 3.8) is 0 Å². The number of hydrogen-bond acceptors (Lipinski definition) is 4. The number of rotatable bonds is 4. The Kier molecular flexibility index (Phi) is 3.06. The molecule has 0 aromatic carbocycles. The molecule has 1 saturated carbocycles. The van der Waals surface area contributed by atoms with Gasteiger partial charge in [0.15, 0.2) is 0 Å². The standard InChI is InChI=1S/C9H12O4/c1-12-8(4-9(11)13-2)7-3-6(7)5-10/h4-7H,3H2,1-2H3/b8-4+/t6-,7-/m1/s1. The molecule has 2 atom stereocenters. The lowest BCUT2D eigenvalue weighted by Crippen LogP contribution is -2.01. The third-order valence-corrected chi connectivity index (χ3v) is 2.08. The van der Waals surface area contributed by atoms with Gasteiger partial charge in [-0.2, -0.15) is 0 Å². The summed E-state index contributed by atoms with van der Waals surface area (Å²) in [7, 11) is 2.78. The summed E-state index contributed by atoms with van der Waals surface area (Å²) in [6.45, 7) is 0. The summed E-state index contributed by atoms with van der Waals surface area (Å²) in [4.78, 5) is 21.2. The predicted octanol–water partition coefficient (Wildman–Crippen LogP) is 0.525. The van der Waals surface area contributed by atoms with E-state index in [0.717, 1.165) is 12.7 Å². The Morgan fingerprint density at radius 1 is 1.38 bits per heavy atom. The number of carbonyl (C=O) groups excluding carboxylic acids is 2. The normalized spacial score (nSPS) is 26.5. The number of ether oxygens (including phenoxy) is 2. The maximum Gasteiger partial charge on any atom is 0.333 e. The Balaban J connectivity index is 2.58. The molecule has 0 bridgehead atoms. The number of aldehydes is 1. The maximum atomic E-state index is 10.8. The summed E-state index contributed by atoms with van der Waals surface area (Å²) in [6.07, 6.45) is 2.93. The van der Waals surface area contributed by atoms with Gasteiger partial charge in [0.1, 0.15) is 12.0 Å². The van der Waals surface area contributed by atoms with Gasteiger partial charge in [-0.1, -0.05) is 0 Å². The summed E-state index contributed by atoms with van der Waals surface area (Å²) in [5.74, 6) is 0.162. The molecule has 13 heavy (non-hydrogen) atoms. The van der Waals surface area contributed by atoms with E-state index in [1.165, 1.54) is 20.3 Å². The Labute approximate surface area is 76.5 Å². The molecule has 0 unspecified atom stereocenters. The van der Waals surface area contributed by atoms with Crippen molar-refractivity contribution in [3.8, 4) is 0 Å². The molecule has 1 fully saturated rings. The fraction of sp³-hybridized carbons (Fsp3) is 0.556. The van der Waals surface area contributed by atoms with Crippen LogP contribution in [0.25, 0.3) is 0 Å². The molecule has 0 saturated heterocycles. The van der Waals surface area contributed by atoms with E-state index in [4.69, 9.17) is 4.74 Å². The average molecular weight is 184 g/mol. The lowest BCUT2D eigenvalue weighted by molar-refractivity contribution is -0.135. The minimum absolute atomic E-state index is 0.0101. The fourth-order valence-electron chi connectivity index (χ4n) is 1.18. The number of methoxy groups -OCH3 is 2. The van der Waals surface area contributed by atoms with Crippen LogP contribution in [0, 0.1) is 11.8 Å². The highest BCUT2D eigenvalue weighted by atomic mass is 16.5. The number of hydrogen-bond donors (Lipinski definition) is 0. The number of allylic oxidation sites excluding steroid dienone is 1. The van der Waals surface area contributed by atoms with Crippen LogP contribution in [0.4, 0.5) is 0 Å². The van der Waals surface area contributed by atoms with Gasteiger partial charge < -0.3 is 14.3 Å². The van der Waals surface area contributed by atoms with Crippen molar-refractivity contribution >= 4 is 12.3 Å². The second-order valence-electron chi connectivity index (χ2n) is 2.92. The molecule has 0 heterocycles. The van der Waals surface area contributed by atoms with E-state index < -0.39 is 5.97 Å². The molecule has 4 heteroatoms. The lowest BCUT2D eigenvalue weighted by Gasteiger charge is -2.02. The monoisotopic (exact) mass is 184 g/mol. The first-order valence-corrected chi connectivity index (χ1v) is 4.01. The summed E-state index contributed by atoms with van der Waals surface area (Å²) in [6, 6.07) is 0. The molecule has 1 aliphatic rings. The molecule has 0 N–H and O–H groups in total. The van der Waals surface area contributed by atoms with Crippen molar-refractivity contribution in [2.24, 2.45) is 11.8 Å². The maximum absolute atomic E-state index is 10.8. The van der Waals surface area contributed by atoms with Crippen molar-refractivity contribution in [1.29, 1.82) is 0 Å². The molecular weight excluding hydrogens is 172 g/mol. The fourth-order valence-corrected chi connectivity index (χ4v) is 1.18. The third-order valence-electron chi connectivity index (χ3n) is 2.08. The molecule has 1 rings (SSSR count). The van der Waals surface area contributed by atoms with Crippen LogP contribution >= 0.6 is 0 Å². The molecule has 0 aromatic heterocycles. The van der Waals surface area contributed by atoms with Crippen LogP contribution in [0.1, 0.15) is 6.42 Å². The zero-order valence-corrected chi connectivity index (χ0v) is 7.65. The van der Waals surface area contributed by atoms with Gasteiger partial charge >= 0.3 is 5.97 Å². The molecule has 0 amide bonds. The van der Waals surface area contributed by atoms with E-state index in [-0.39, 0.29) is 11.8 Å². The summed E-state index contributed by atoms with van der Waals surface area (Å²) < 4.78 is 9.43. The second kappa shape index (κ2) is 4.07. The smallest absolute Gasteiger partial charge is 0.333 e. The third kappa shape index (κ3) is 2.31. The van der Waals surface area contributed by atoms with Gasteiger partial charge in [-0.25, -0.2) is 4.79 Å². The van der Waals surface area contributed by atoms with Gasteiger partial charge in [0, 0.05) is 11.8 Å². The molecule has 0 aromatic rings. The highest BCUT2D eigenvalue weighted by Crippen LogP contribution is 2.42. The highest BCUT2D eigenvalue weighted by Gasteiger charge is 2.41. The molecular formula is C9H12O4. The van der Waals surface area contributed by atoms with Crippen LogP contribution < -0.4 is 0 Å². The van der Waals surface area contributed by atoms with Crippen molar-refractivity contribution in [3.05, 3.63) is 11.8 Å². The van der Waals surface area contributed by atoms with Gasteiger partial charge in [-0.15, -0.1) is 0 Å². The van der Waals surface area contributed by atoms with Crippen molar-refractivity contribution in [2.45, 2.75) is 6.42 Å². The summed E-state index contributed by atoms with van der Waals surface area (Å²) in [5.41, 5.74) is 0. The number of carbonyl (C=O) groups is 2. The zero-order chi connectivity index (χ0) is 9.84. The van der Waals surface area contributed by atoms with Crippen LogP contribution in [0.3, 0.4) is 0 Å².